The molecule has 0 saturated heterocycles. The Bertz CT molecular complexity index is 653. The monoisotopic (exact) mass is 360 g/mol. The maximum absolute atomic E-state index is 14.6. The molecule has 0 aromatic heterocycles. The van der Waals surface area contributed by atoms with Gasteiger partial charge >= 0.3 is 0 Å². The van der Waals surface area contributed by atoms with Gasteiger partial charge in [-0.1, -0.05) is 26.7 Å². The summed E-state index contributed by atoms with van der Waals surface area (Å²) in [6.45, 7) is 7.25. The molecule has 0 spiro atoms. The van der Waals surface area contributed by atoms with Crippen LogP contribution in [0.3, 0.4) is 0 Å². The molecule has 0 amide bonds. The number of rotatable bonds is 7. The van der Waals surface area contributed by atoms with E-state index in [9.17, 15) is 4.39 Å². The summed E-state index contributed by atoms with van der Waals surface area (Å²) in [6.07, 6.45) is 7.26. The summed E-state index contributed by atoms with van der Waals surface area (Å²) >= 11 is 0. The molecule has 1 aliphatic rings. The Hall–Kier alpha value is -1.75. The van der Waals surface area contributed by atoms with Gasteiger partial charge in [-0.2, -0.15) is 5.10 Å². The lowest BCUT2D eigenvalue weighted by atomic mass is 9.55. The molecule has 2 rings (SSSR count). The normalized spacial score (nSPS) is 27.2. The first-order chi connectivity index (χ1) is 12.5. The second kappa shape index (κ2) is 9.26. The summed E-state index contributed by atoms with van der Waals surface area (Å²) in [4.78, 5) is 0. The van der Waals surface area contributed by atoms with E-state index < -0.39 is 0 Å². The molecule has 5 heteroatoms. The summed E-state index contributed by atoms with van der Waals surface area (Å²) in [5.41, 5.74) is 7.68. The van der Waals surface area contributed by atoms with E-state index in [1.165, 1.54) is 25.3 Å². The van der Waals surface area contributed by atoms with Crippen LogP contribution in [0, 0.1) is 17.7 Å². The first-order valence-electron chi connectivity index (χ1n) is 9.76. The van der Waals surface area contributed by atoms with E-state index in [1.54, 1.807) is 19.2 Å². The molecule has 1 aromatic rings. The molecule has 1 aliphatic carbocycles. The topological polar surface area (TPSA) is 62.8 Å². The Morgan fingerprint density at radius 3 is 2.81 bits per heavy atom. The van der Waals surface area contributed by atoms with Crippen LogP contribution in [0.4, 0.5) is 4.39 Å². The van der Waals surface area contributed by atoms with Crippen LogP contribution in [0.15, 0.2) is 28.4 Å². The van der Waals surface area contributed by atoms with Gasteiger partial charge in [-0.3, -0.25) is 0 Å². The minimum Gasteiger partial charge on any atom is -0.382 e. The molecule has 1 aromatic carbocycles. The highest BCUT2D eigenvalue weighted by atomic mass is 19.1. The summed E-state index contributed by atoms with van der Waals surface area (Å²) in [5.74, 6) is 0.977. The van der Waals surface area contributed by atoms with Gasteiger partial charge in [0.15, 0.2) is 5.84 Å². The fourth-order valence-electron chi connectivity index (χ4n) is 4.83. The van der Waals surface area contributed by atoms with Crippen molar-refractivity contribution in [2.24, 2.45) is 27.8 Å². The van der Waals surface area contributed by atoms with Gasteiger partial charge in [0.25, 0.3) is 0 Å². The van der Waals surface area contributed by atoms with Crippen molar-refractivity contribution in [3.8, 4) is 0 Å². The van der Waals surface area contributed by atoms with E-state index >= 15 is 0 Å². The molecule has 3 unspecified atom stereocenters. The Kier molecular flexibility index (Phi) is 7.33. The fourth-order valence-corrected chi connectivity index (χ4v) is 4.83. The van der Waals surface area contributed by atoms with Crippen molar-refractivity contribution in [1.29, 1.82) is 0 Å². The predicted octanol–water partition coefficient (Wildman–Crippen LogP) is 4.23. The number of hydrogen-bond donors (Lipinski definition) is 2. The van der Waals surface area contributed by atoms with E-state index in [-0.39, 0.29) is 17.1 Å². The van der Waals surface area contributed by atoms with Crippen molar-refractivity contribution in [2.75, 3.05) is 13.6 Å². The van der Waals surface area contributed by atoms with Gasteiger partial charge in [-0.25, -0.2) is 4.39 Å². The van der Waals surface area contributed by atoms with Gasteiger partial charge in [0.1, 0.15) is 5.82 Å². The molecule has 3 N–H and O–H groups in total. The molecular weight excluding hydrogens is 327 g/mol. The number of benzene rings is 1. The summed E-state index contributed by atoms with van der Waals surface area (Å²) in [6, 6.07) is 5.20. The average molecular weight is 361 g/mol. The van der Waals surface area contributed by atoms with Crippen molar-refractivity contribution >= 4 is 12.1 Å². The van der Waals surface area contributed by atoms with Crippen molar-refractivity contribution in [1.82, 2.24) is 5.32 Å². The minimum absolute atomic E-state index is 0.0405. The molecule has 0 radical (unpaired) electrons. The van der Waals surface area contributed by atoms with E-state index in [0.717, 1.165) is 24.9 Å². The highest BCUT2D eigenvalue weighted by molar-refractivity contribution is 5.97. The van der Waals surface area contributed by atoms with Gasteiger partial charge in [-0.05, 0) is 75.4 Å². The van der Waals surface area contributed by atoms with Crippen LogP contribution < -0.4 is 11.1 Å². The number of halogens is 1. The summed E-state index contributed by atoms with van der Waals surface area (Å²) in [7, 11) is 2.00. The third kappa shape index (κ3) is 4.14. The standard InChI is InChI=1S/C21H33FN4/c1-5-10-21(15(3)8-7-9-17(21)14-24-4)18-11-16(12-19(22)13-18)20(23)26-25-6-2/h6,11-13,15,17,24H,5,7-10,14H2,1-4H3,(H2,23,26)/b25-6+. The van der Waals surface area contributed by atoms with Crippen LogP contribution in [0.2, 0.25) is 0 Å². The Labute approximate surface area is 157 Å². The molecule has 1 saturated carbocycles. The molecule has 144 valence electrons. The average Bonchev–Trinajstić information content (AvgIpc) is 2.62. The Balaban J connectivity index is 2.60. The molecular formula is C21H33FN4. The first-order valence-corrected chi connectivity index (χ1v) is 9.76. The van der Waals surface area contributed by atoms with Crippen molar-refractivity contribution < 1.29 is 4.39 Å². The fraction of sp³-hybridized carbons (Fsp3) is 0.619. The first kappa shape index (κ1) is 20.6. The lowest BCUT2D eigenvalue weighted by Crippen LogP contribution is -2.48. The van der Waals surface area contributed by atoms with Crippen LogP contribution in [-0.2, 0) is 5.41 Å². The second-order valence-electron chi connectivity index (χ2n) is 7.46. The zero-order valence-corrected chi connectivity index (χ0v) is 16.6. The highest BCUT2D eigenvalue weighted by Gasteiger charge is 2.46. The molecule has 0 heterocycles. The van der Waals surface area contributed by atoms with Crippen molar-refractivity contribution in [3.05, 3.63) is 35.1 Å². The Morgan fingerprint density at radius 2 is 2.15 bits per heavy atom. The highest BCUT2D eigenvalue weighted by Crippen LogP contribution is 2.50. The predicted molar refractivity (Wildman–Crippen MR) is 108 cm³/mol. The van der Waals surface area contributed by atoms with Crippen LogP contribution in [0.5, 0.6) is 0 Å². The number of hydrogen-bond acceptors (Lipinski definition) is 3. The van der Waals surface area contributed by atoms with E-state index in [2.05, 4.69) is 29.4 Å². The second-order valence-corrected chi connectivity index (χ2v) is 7.46. The van der Waals surface area contributed by atoms with Crippen molar-refractivity contribution in [2.45, 2.75) is 58.3 Å². The van der Waals surface area contributed by atoms with Gasteiger partial charge in [0, 0.05) is 17.2 Å². The van der Waals surface area contributed by atoms with E-state index in [4.69, 9.17) is 5.73 Å². The SMILES string of the molecule is C/C=N/N=C(\N)c1cc(F)cc(C2(CCC)C(C)CCCC2CNC)c1. The maximum Gasteiger partial charge on any atom is 0.153 e. The van der Waals surface area contributed by atoms with Crippen LogP contribution in [0.25, 0.3) is 0 Å². The van der Waals surface area contributed by atoms with E-state index in [0.29, 0.717) is 17.4 Å². The lowest BCUT2D eigenvalue weighted by molar-refractivity contribution is 0.103. The van der Waals surface area contributed by atoms with Crippen LogP contribution >= 0.6 is 0 Å². The molecule has 4 nitrogen and oxygen atoms in total. The summed E-state index contributed by atoms with van der Waals surface area (Å²) < 4.78 is 14.6. The minimum atomic E-state index is -0.257. The largest absolute Gasteiger partial charge is 0.382 e. The summed E-state index contributed by atoms with van der Waals surface area (Å²) in [5, 5.41) is 11.2. The Morgan fingerprint density at radius 1 is 1.38 bits per heavy atom. The number of nitrogens with zero attached hydrogens (tertiary/aromatic N) is 2. The third-order valence-electron chi connectivity index (χ3n) is 5.92. The van der Waals surface area contributed by atoms with Crippen molar-refractivity contribution in [3.63, 3.8) is 0 Å². The number of amidine groups is 1. The van der Waals surface area contributed by atoms with E-state index in [1.807, 2.05) is 13.1 Å². The lowest BCUT2D eigenvalue weighted by Gasteiger charge is -2.50. The van der Waals surface area contributed by atoms with Gasteiger partial charge in [0.2, 0.25) is 0 Å². The molecule has 0 bridgehead atoms. The van der Waals surface area contributed by atoms with Crippen LogP contribution in [-0.4, -0.2) is 25.6 Å². The zero-order valence-electron chi connectivity index (χ0n) is 16.6. The molecule has 3 atom stereocenters. The molecule has 0 aliphatic heterocycles. The quantitative estimate of drug-likeness (QED) is 0.434. The maximum atomic E-state index is 14.6. The zero-order chi connectivity index (χ0) is 19.2. The number of nitrogens with two attached hydrogens (primary N) is 1. The molecule has 1 fully saturated rings. The molecule has 26 heavy (non-hydrogen) atoms. The van der Waals surface area contributed by atoms with Crippen LogP contribution in [0.1, 0.15) is 64.0 Å². The van der Waals surface area contributed by atoms with Gasteiger partial charge in [0.05, 0.1) is 0 Å². The third-order valence-corrected chi connectivity index (χ3v) is 5.92. The smallest absolute Gasteiger partial charge is 0.153 e. The number of nitrogens with one attached hydrogen (secondary N) is 1. The van der Waals surface area contributed by atoms with Gasteiger partial charge < -0.3 is 11.1 Å². The van der Waals surface area contributed by atoms with Gasteiger partial charge in [-0.15, -0.1) is 5.10 Å².